The Bertz CT molecular complexity index is 1290. The van der Waals surface area contributed by atoms with Gasteiger partial charge in [-0.2, -0.15) is 0 Å². The highest BCUT2D eigenvalue weighted by molar-refractivity contribution is 5.96. The number of unbranched alkanes of at least 4 members (excludes halogenated alkanes) is 2. The minimum absolute atomic E-state index is 0.00766. The summed E-state index contributed by atoms with van der Waals surface area (Å²) in [5, 5.41) is 32.5. The van der Waals surface area contributed by atoms with Crippen molar-refractivity contribution < 1.29 is 39.0 Å². The average molecular weight is 719 g/mol. The number of carboxylic acids is 1. The molecule has 0 aliphatic carbocycles. The highest BCUT2D eigenvalue weighted by Crippen LogP contribution is 2.13. The lowest BCUT2D eigenvalue weighted by molar-refractivity contribution is -0.142. The fourth-order valence-electron chi connectivity index (χ4n) is 5.08. The first-order chi connectivity index (χ1) is 24.1. The molecule has 0 spiro atoms. The summed E-state index contributed by atoms with van der Waals surface area (Å²) in [6, 6.07) is -0.744. The molecule has 0 bridgehead atoms. The van der Waals surface area contributed by atoms with E-state index in [1.807, 2.05) is 13.8 Å². The van der Waals surface area contributed by atoms with Gasteiger partial charge < -0.3 is 54.0 Å². The molecule has 0 fully saturated rings. The maximum atomic E-state index is 13.7. The minimum Gasteiger partial charge on any atom is -0.508 e. The Hall–Kier alpha value is -4.54. The van der Waals surface area contributed by atoms with Crippen LogP contribution in [0, 0.1) is 5.92 Å². The molecule has 13 N–H and O–H groups in total. The maximum absolute atomic E-state index is 13.7. The molecular formula is C35H58N8O8. The van der Waals surface area contributed by atoms with Gasteiger partial charge in [-0.1, -0.05) is 32.1 Å². The van der Waals surface area contributed by atoms with E-state index in [4.69, 9.17) is 17.2 Å². The Morgan fingerprint density at radius 1 is 0.686 bits per heavy atom. The van der Waals surface area contributed by atoms with Gasteiger partial charge in [0.25, 0.3) is 0 Å². The number of carbonyl (C=O) groups is 6. The fourth-order valence-corrected chi connectivity index (χ4v) is 5.08. The third kappa shape index (κ3) is 17.3. The second-order valence-electron chi connectivity index (χ2n) is 13.0. The number of nitrogens with one attached hydrogen (secondary N) is 5. The first-order valence-corrected chi connectivity index (χ1v) is 17.4. The van der Waals surface area contributed by atoms with Crippen LogP contribution in [0.1, 0.15) is 77.7 Å². The number of rotatable bonds is 25. The standard InChI is InChI=1S/C35H58N8O8/c1-5-10-25(31(46)42-28(20-23-13-15-24(44)16-14-23)34(49)43-29(35(50)51)19-21(2)3)40-33(48)27(12-7-9-18-37)41-32(47)26(11-6-8-17-36)39-30(45)22(4)38/h5,13-16,21-22,25-29,44H,1,6-12,17-20,36-38H2,2-4H3,(H,39,45)(H,40,48)(H,41,47)(H,42,46)(H,43,49)(H,50,51)/t22-,25-,26+,27-,28-,29-/m0/s1. The summed E-state index contributed by atoms with van der Waals surface area (Å²) in [7, 11) is 0. The van der Waals surface area contributed by atoms with Crippen LogP contribution < -0.4 is 43.8 Å². The summed E-state index contributed by atoms with van der Waals surface area (Å²) in [6.07, 6.45) is 4.03. The normalized spacial score (nSPS) is 14.6. The van der Waals surface area contributed by atoms with Crippen molar-refractivity contribution in [3.63, 3.8) is 0 Å². The molecular weight excluding hydrogens is 660 g/mol. The molecule has 16 heteroatoms. The number of hydrogen-bond donors (Lipinski definition) is 10. The van der Waals surface area contributed by atoms with Gasteiger partial charge >= 0.3 is 5.97 Å². The second-order valence-corrected chi connectivity index (χ2v) is 13.0. The van der Waals surface area contributed by atoms with Crippen molar-refractivity contribution >= 4 is 35.5 Å². The number of phenolic OH excluding ortho intramolecular Hbond substituents is 1. The van der Waals surface area contributed by atoms with Crippen molar-refractivity contribution in [2.24, 2.45) is 23.1 Å². The molecule has 0 aliphatic heterocycles. The third-order valence-electron chi connectivity index (χ3n) is 7.94. The van der Waals surface area contributed by atoms with Gasteiger partial charge in [0, 0.05) is 6.42 Å². The number of carboxylic acid groups (broad SMARTS) is 1. The van der Waals surface area contributed by atoms with E-state index >= 15 is 0 Å². The van der Waals surface area contributed by atoms with E-state index in [2.05, 4.69) is 33.2 Å². The second kappa shape index (κ2) is 23.8. The zero-order chi connectivity index (χ0) is 38.5. The van der Waals surface area contributed by atoms with Crippen LogP contribution in [-0.4, -0.2) is 95.1 Å². The van der Waals surface area contributed by atoms with Crippen LogP contribution in [0.5, 0.6) is 5.75 Å². The Morgan fingerprint density at radius 3 is 1.57 bits per heavy atom. The SMILES string of the molecule is C=CC[C@H](NC(=O)[C@H](CCCCN)NC(=O)[C@@H](CCCCN)NC(=O)[C@H](C)N)C(=O)N[C@@H](Cc1ccc(O)cc1)C(=O)N[C@@H](CC(C)C)C(=O)O. The largest absolute Gasteiger partial charge is 0.508 e. The van der Waals surface area contributed by atoms with E-state index < -0.39 is 71.8 Å². The summed E-state index contributed by atoms with van der Waals surface area (Å²) in [5.41, 5.74) is 17.5. The Kier molecular flexibility index (Phi) is 20.7. The van der Waals surface area contributed by atoms with Crippen LogP contribution in [0.25, 0.3) is 0 Å². The van der Waals surface area contributed by atoms with Crippen LogP contribution >= 0.6 is 0 Å². The van der Waals surface area contributed by atoms with Crippen LogP contribution in [-0.2, 0) is 35.2 Å². The molecule has 1 rings (SSSR count). The molecule has 0 saturated heterocycles. The van der Waals surface area contributed by atoms with E-state index in [0.717, 1.165) is 0 Å². The van der Waals surface area contributed by atoms with Gasteiger partial charge in [-0.3, -0.25) is 24.0 Å². The number of carbonyl (C=O) groups excluding carboxylic acids is 5. The van der Waals surface area contributed by atoms with E-state index in [0.29, 0.717) is 44.3 Å². The van der Waals surface area contributed by atoms with Gasteiger partial charge in [-0.05, 0) is 95.0 Å². The summed E-state index contributed by atoms with van der Waals surface area (Å²) in [5.74, 6) is -4.65. The predicted molar refractivity (Wildman–Crippen MR) is 193 cm³/mol. The molecule has 6 atom stereocenters. The van der Waals surface area contributed by atoms with Crippen molar-refractivity contribution in [3.8, 4) is 5.75 Å². The number of benzene rings is 1. The first kappa shape index (κ1) is 44.5. The first-order valence-electron chi connectivity index (χ1n) is 17.4. The predicted octanol–water partition coefficient (Wildman–Crippen LogP) is -0.329. The van der Waals surface area contributed by atoms with Crippen LogP contribution in [0.3, 0.4) is 0 Å². The van der Waals surface area contributed by atoms with E-state index in [9.17, 15) is 39.0 Å². The van der Waals surface area contributed by atoms with Crippen molar-refractivity contribution in [2.45, 2.75) is 115 Å². The van der Waals surface area contributed by atoms with Crippen molar-refractivity contribution in [3.05, 3.63) is 42.5 Å². The number of aliphatic carboxylic acids is 1. The number of aromatic hydroxyl groups is 1. The highest BCUT2D eigenvalue weighted by Gasteiger charge is 2.32. The summed E-state index contributed by atoms with van der Waals surface area (Å²) in [4.78, 5) is 78.5. The Morgan fingerprint density at radius 2 is 1.12 bits per heavy atom. The van der Waals surface area contributed by atoms with Crippen molar-refractivity contribution in [2.75, 3.05) is 13.1 Å². The van der Waals surface area contributed by atoms with Crippen LogP contribution in [0.2, 0.25) is 0 Å². The number of amides is 5. The number of phenols is 1. The monoisotopic (exact) mass is 718 g/mol. The minimum atomic E-state index is -1.26. The molecule has 16 nitrogen and oxygen atoms in total. The lowest BCUT2D eigenvalue weighted by atomic mass is 10.0. The molecule has 51 heavy (non-hydrogen) atoms. The zero-order valence-electron chi connectivity index (χ0n) is 30.0. The molecule has 286 valence electrons. The van der Waals surface area contributed by atoms with Gasteiger partial charge in [0.1, 0.15) is 36.0 Å². The highest BCUT2D eigenvalue weighted by atomic mass is 16.4. The molecule has 0 aliphatic rings. The van der Waals surface area contributed by atoms with Gasteiger partial charge in [0.2, 0.25) is 29.5 Å². The third-order valence-corrected chi connectivity index (χ3v) is 7.94. The lowest BCUT2D eigenvalue weighted by Crippen LogP contribution is -2.59. The molecule has 0 radical (unpaired) electrons. The quantitative estimate of drug-likeness (QED) is 0.0462. The molecule has 0 heterocycles. The molecule has 0 unspecified atom stereocenters. The van der Waals surface area contributed by atoms with Crippen molar-refractivity contribution in [1.82, 2.24) is 26.6 Å². The Labute approximate surface area is 300 Å². The van der Waals surface area contributed by atoms with Gasteiger partial charge in [0.05, 0.1) is 6.04 Å². The summed E-state index contributed by atoms with van der Waals surface area (Å²) < 4.78 is 0. The smallest absolute Gasteiger partial charge is 0.326 e. The molecule has 0 aromatic heterocycles. The van der Waals surface area contributed by atoms with Crippen LogP contribution in [0.4, 0.5) is 0 Å². The van der Waals surface area contributed by atoms with Gasteiger partial charge in [-0.15, -0.1) is 6.58 Å². The number of hydrogen-bond acceptors (Lipinski definition) is 10. The van der Waals surface area contributed by atoms with Gasteiger partial charge in [0.15, 0.2) is 0 Å². The maximum Gasteiger partial charge on any atom is 0.326 e. The summed E-state index contributed by atoms with van der Waals surface area (Å²) >= 11 is 0. The molecule has 1 aromatic carbocycles. The zero-order valence-corrected chi connectivity index (χ0v) is 30.0. The molecule has 1 aromatic rings. The number of nitrogens with two attached hydrogens (primary N) is 3. The lowest BCUT2D eigenvalue weighted by Gasteiger charge is -2.27. The molecule has 0 saturated carbocycles. The molecule has 5 amide bonds. The van der Waals surface area contributed by atoms with E-state index in [1.165, 1.54) is 25.1 Å². The topological polar surface area (TPSA) is 281 Å². The summed E-state index contributed by atoms with van der Waals surface area (Å²) in [6.45, 7) is 9.52. The van der Waals surface area contributed by atoms with E-state index in [-0.39, 0.29) is 43.8 Å². The Balaban J connectivity index is 3.29. The van der Waals surface area contributed by atoms with Crippen molar-refractivity contribution in [1.29, 1.82) is 0 Å². The van der Waals surface area contributed by atoms with Gasteiger partial charge in [-0.25, -0.2) is 4.79 Å². The van der Waals surface area contributed by atoms with E-state index in [1.54, 1.807) is 12.1 Å². The van der Waals surface area contributed by atoms with Crippen LogP contribution in [0.15, 0.2) is 36.9 Å². The fraction of sp³-hybridized carbons (Fsp3) is 0.600. The average Bonchev–Trinajstić information content (AvgIpc) is 3.07.